The zero-order valence-electron chi connectivity index (χ0n) is 10.4. The Kier molecular flexibility index (Phi) is 4.59. The number of pyridine rings is 1. The van der Waals surface area contributed by atoms with E-state index in [0.717, 1.165) is 0 Å². The molecule has 1 amide bonds. The van der Waals surface area contributed by atoms with Gasteiger partial charge in [0.2, 0.25) is 0 Å². The molecule has 8 heteroatoms. The van der Waals surface area contributed by atoms with Gasteiger partial charge in [-0.2, -0.15) is 0 Å². The normalized spacial score (nSPS) is 10.2. The van der Waals surface area contributed by atoms with Crippen LogP contribution in [0.1, 0.15) is 20.8 Å². The van der Waals surface area contributed by atoms with Gasteiger partial charge in [-0.25, -0.2) is 9.78 Å². The summed E-state index contributed by atoms with van der Waals surface area (Å²) in [5, 5.41) is 11.7. The van der Waals surface area contributed by atoms with E-state index < -0.39 is 11.9 Å². The van der Waals surface area contributed by atoms with Crippen LogP contribution in [-0.2, 0) is 0 Å². The molecule has 108 valence electrons. The minimum atomic E-state index is -1.17. The molecular weight excluding hydrogens is 406 g/mol. The summed E-state index contributed by atoms with van der Waals surface area (Å²) in [5.41, 5.74) is 6.00. The summed E-state index contributed by atoms with van der Waals surface area (Å²) in [7, 11) is 0. The lowest BCUT2D eigenvalue weighted by molar-refractivity contribution is 0.0698. The van der Waals surface area contributed by atoms with Crippen LogP contribution in [0.15, 0.2) is 39.4 Å². The van der Waals surface area contributed by atoms with Gasteiger partial charge in [-0.15, -0.1) is 0 Å². The number of benzene rings is 1. The molecule has 2 aromatic rings. The van der Waals surface area contributed by atoms with Gasteiger partial charge in [-0.1, -0.05) is 15.9 Å². The zero-order valence-corrected chi connectivity index (χ0v) is 13.6. The molecule has 6 nitrogen and oxygen atoms in total. The number of hydrogen-bond donors (Lipinski definition) is 3. The molecule has 0 saturated heterocycles. The Bertz CT molecular complexity index is 735. The maximum Gasteiger partial charge on any atom is 0.337 e. The van der Waals surface area contributed by atoms with Gasteiger partial charge in [0.15, 0.2) is 5.69 Å². The Hall–Kier alpha value is -1.93. The van der Waals surface area contributed by atoms with Crippen molar-refractivity contribution in [1.29, 1.82) is 0 Å². The number of anilines is 2. The second-order valence-electron chi connectivity index (χ2n) is 4.01. The van der Waals surface area contributed by atoms with E-state index >= 15 is 0 Å². The summed E-state index contributed by atoms with van der Waals surface area (Å²) in [5.74, 6) is -1.75. The Morgan fingerprint density at radius 3 is 2.62 bits per heavy atom. The molecule has 0 fully saturated rings. The van der Waals surface area contributed by atoms with Gasteiger partial charge in [0.25, 0.3) is 5.91 Å². The third kappa shape index (κ3) is 3.40. The molecule has 0 bridgehead atoms. The Morgan fingerprint density at radius 2 is 2.00 bits per heavy atom. The smallest absolute Gasteiger partial charge is 0.337 e. The second kappa shape index (κ2) is 6.23. The van der Waals surface area contributed by atoms with E-state index in [1.807, 2.05) is 0 Å². The number of carbonyl (C=O) groups is 2. The van der Waals surface area contributed by atoms with Crippen molar-refractivity contribution in [2.45, 2.75) is 0 Å². The van der Waals surface area contributed by atoms with E-state index in [2.05, 4.69) is 42.2 Å². The molecule has 0 aliphatic rings. The van der Waals surface area contributed by atoms with Crippen molar-refractivity contribution in [2.24, 2.45) is 0 Å². The van der Waals surface area contributed by atoms with Gasteiger partial charge in [0.1, 0.15) is 0 Å². The van der Waals surface area contributed by atoms with Gasteiger partial charge in [0.05, 0.1) is 16.9 Å². The molecule has 0 atom stereocenters. The van der Waals surface area contributed by atoms with Crippen LogP contribution in [0.4, 0.5) is 11.4 Å². The molecule has 4 N–H and O–H groups in total. The van der Waals surface area contributed by atoms with Gasteiger partial charge in [-0.05, 0) is 40.2 Å². The van der Waals surface area contributed by atoms with E-state index in [0.29, 0.717) is 8.95 Å². The minimum absolute atomic E-state index is 0.0312. The molecule has 1 aromatic heterocycles. The molecule has 1 heterocycles. The van der Waals surface area contributed by atoms with Crippen molar-refractivity contribution >= 4 is 55.1 Å². The molecule has 21 heavy (non-hydrogen) atoms. The number of aromatic carboxylic acids is 1. The topological polar surface area (TPSA) is 105 Å². The molecule has 0 unspecified atom stereocenters. The Labute approximate surface area is 136 Å². The lowest BCUT2D eigenvalue weighted by atomic mass is 10.1. The summed E-state index contributed by atoms with van der Waals surface area (Å²) in [6.45, 7) is 0. The van der Waals surface area contributed by atoms with Crippen LogP contribution in [0.3, 0.4) is 0 Å². The number of nitrogen functional groups attached to an aromatic ring is 1. The van der Waals surface area contributed by atoms with Crippen molar-refractivity contribution in [3.63, 3.8) is 0 Å². The predicted octanol–water partition coefficient (Wildman–Crippen LogP) is 3.14. The van der Waals surface area contributed by atoms with Gasteiger partial charge in [-0.3, -0.25) is 4.79 Å². The third-order valence-corrected chi connectivity index (χ3v) is 3.66. The number of carbonyl (C=O) groups excluding carboxylic acids is 1. The fourth-order valence-corrected chi connectivity index (χ4v) is 2.97. The van der Waals surface area contributed by atoms with E-state index in [1.165, 1.54) is 18.3 Å². The van der Waals surface area contributed by atoms with Gasteiger partial charge < -0.3 is 16.2 Å². The quantitative estimate of drug-likeness (QED) is 0.715. The van der Waals surface area contributed by atoms with Crippen LogP contribution in [-0.4, -0.2) is 22.0 Å². The summed E-state index contributed by atoms with van der Waals surface area (Å²) in [4.78, 5) is 27.3. The molecule has 1 aromatic carbocycles. The van der Waals surface area contributed by atoms with Crippen molar-refractivity contribution < 1.29 is 14.7 Å². The number of rotatable bonds is 3. The fraction of sp³-hybridized carbons (Fsp3) is 0. The van der Waals surface area contributed by atoms with Crippen LogP contribution < -0.4 is 11.1 Å². The highest BCUT2D eigenvalue weighted by Crippen LogP contribution is 2.31. The summed E-state index contributed by atoms with van der Waals surface area (Å²) < 4.78 is 0.999. The molecule has 0 aliphatic heterocycles. The van der Waals surface area contributed by atoms with Crippen molar-refractivity contribution in [2.75, 3.05) is 11.1 Å². The summed E-state index contributed by atoms with van der Waals surface area (Å²) in [6.07, 6.45) is 1.43. The molecule has 0 aliphatic carbocycles. The standard InChI is InChI=1S/C13H9Br2N3O3/c14-6-4-7(13(20)21)10(8(15)5-6)18-12(19)11-9(16)2-1-3-17-11/h1-5H,16H2,(H,18,19)(H,20,21). The largest absolute Gasteiger partial charge is 0.478 e. The molecular formula is C13H9Br2N3O3. The first-order valence-electron chi connectivity index (χ1n) is 5.64. The molecule has 0 saturated carbocycles. The van der Waals surface area contributed by atoms with Crippen LogP contribution in [0.5, 0.6) is 0 Å². The number of halogens is 2. The van der Waals surface area contributed by atoms with Crippen LogP contribution >= 0.6 is 31.9 Å². The lowest BCUT2D eigenvalue weighted by Gasteiger charge is -2.12. The lowest BCUT2D eigenvalue weighted by Crippen LogP contribution is -2.18. The SMILES string of the molecule is Nc1cccnc1C(=O)Nc1c(Br)cc(Br)cc1C(=O)O. The van der Waals surface area contributed by atoms with Gasteiger partial charge >= 0.3 is 5.97 Å². The highest BCUT2D eigenvalue weighted by Gasteiger charge is 2.19. The van der Waals surface area contributed by atoms with E-state index in [4.69, 9.17) is 5.73 Å². The van der Waals surface area contributed by atoms with Gasteiger partial charge in [0, 0.05) is 15.1 Å². The Balaban J connectivity index is 2.42. The first kappa shape index (κ1) is 15.5. The average molecular weight is 415 g/mol. The number of nitrogens with two attached hydrogens (primary N) is 1. The maximum atomic E-state index is 12.2. The van der Waals surface area contributed by atoms with Crippen molar-refractivity contribution in [3.8, 4) is 0 Å². The number of nitrogens with zero attached hydrogens (tertiary/aromatic N) is 1. The number of aromatic nitrogens is 1. The van der Waals surface area contributed by atoms with Crippen LogP contribution in [0, 0.1) is 0 Å². The summed E-state index contributed by atoms with van der Waals surface area (Å²) in [6, 6.07) is 6.16. The monoisotopic (exact) mass is 413 g/mol. The number of nitrogens with one attached hydrogen (secondary N) is 1. The molecule has 2 rings (SSSR count). The van der Waals surface area contributed by atoms with Crippen molar-refractivity contribution in [3.05, 3.63) is 50.7 Å². The van der Waals surface area contributed by atoms with E-state index in [1.54, 1.807) is 12.1 Å². The summed E-state index contributed by atoms with van der Waals surface area (Å²) >= 11 is 6.43. The zero-order chi connectivity index (χ0) is 15.6. The minimum Gasteiger partial charge on any atom is -0.478 e. The molecule has 0 radical (unpaired) electrons. The van der Waals surface area contributed by atoms with Crippen molar-refractivity contribution in [1.82, 2.24) is 4.98 Å². The average Bonchev–Trinajstić information content (AvgIpc) is 2.41. The fourth-order valence-electron chi connectivity index (χ4n) is 1.65. The van der Waals surface area contributed by atoms with Crippen LogP contribution in [0.25, 0.3) is 0 Å². The maximum absolute atomic E-state index is 12.2. The first-order valence-corrected chi connectivity index (χ1v) is 7.23. The Morgan fingerprint density at radius 1 is 1.29 bits per heavy atom. The second-order valence-corrected chi connectivity index (χ2v) is 5.78. The van der Waals surface area contributed by atoms with E-state index in [9.17, 15) is 14.7 Å². The van der Waals surface area contributed by atoms with Crippen LogP contribution in [0.2, 0.25) is 0 Å². The highest BCUT2D eigenvalue weighted by atomic mass is 79.9. The predicted molar refractivity (Wildman–Crippen MR) is 85.4 cm³/mol. The van der Waals surface area contributed by atoms with E-state index in [-0.39, 0.29) is 22.6 Å². The third-order valence-electron chi connectivity index (χ3n) is 2.58. The highest BCUT2D eigenvalue weighted by molar-refractivity contribution is 9.11. The molecule has 0 spiro atoms. The first-order chi connectivity index (χ1) is 9.90. The number of carboxylic acid groups (broad SMARTS) is 1. The number of hydrogen-bond acceptors (Lipinski definition) is 4. The number of amides is 1. The number of carboxylic acids is 1.